The molecule has 124 valence electrons. The van der Waals surface area contributed by atoms with Crippen LogP contribution < -0.4 is 10.6 Å². The van der Waals surface area contributed by atoms with E-state index in [1.165, 1.54) is 0 Å². The molecule has 0 aliphatic carbocycles. The normalized spacial score (nSPS) is 21.1. The van der Waals surface area contributed by atoms with Gasteiger partial charge in [0.25, 0.3) is 0 Å². The van der Waals surface area contributed by atoms with E-state index in [1.807, 2.05) is 29.2 Å². The minimum Gasteiger partial charge on any atom is -0.508 e. The number of anilines is 1. The summed E-state index contributed by atoms with van der Waals surface area (Å²) < 4.78 is 0. The zero-order chi connectivity index (χ0) is 16.7. The van der Waals surface area contributed by atoms with Crippen molar-refractivity contribution in [3.63, 3.8) is 0 Å². The quantitative estimate of drug-likeness (QED) is 0.795. The average molecular weight is 325 g/mol. The minimum absolute atomic E-state index is 0.0654. The number of amides is 2. The van der Waals surface area contributed by atoms with Gasteiger partial charge in [0.05, 0.1) is 12.0 Å². The molecule has 3 N–H and O–H groups in total. The first kappa shape index (κ1) is 15.0. The van der Waals surface area contributed by atoms with E-state index < -0.39 is 0 Å². The van der Waals surface area contributed by atoms with E-state index in [4.69, 9.17) is 0 Å². The number of benzene rings is 2. The Bertz CT molecular complexity index is 816. The highest BCUT2D eigenvalue weighted by Crippen LogP contribution is 2.26. The molecule has 1 unspecified atom stereocenters. The second kappa shape index (κ2) is 5.79. The number of likely N-dealkylation sites (tertiary alicyclic amines) is 1. The Morgan fingerprint density at radius 1 is 1.17 bits per heavy atom. The Morgan fingerprint density at radius 2 is 1.92 bits per heavy atom. The Hall–Kier alpha value is -2.60. The summed E-state index contributed by atoms with van der Waals surface area (Å²) >= 11 is 0. The molecule has 2 heterocycles. The van der Waals surface area contributed by atoms with Crippen LogP contribution >= 0.6 is 0 Å². The number of nitrogens with zero attached hydrogens (tertiary/aromatic N) is 1. The van der Waals surface area contributed by atoms with Gasteiger partial charge in [-0.1, -0.05) is 12.1 Å². The number of hydrogen-bond acceptors (Lipinski definition) is 4. The van der Waals surface area contributed by atoms with Crippen LogP contribution in [0.15, 0.2) is 36.4 Å². The molecule has 2 aromatic carbocycles. The number of fused-ring (bicyclic) bond motifs is 1. The van der Waals surface area contributed by atoms with Crippen LogP contribution in [0.1, 0.15) is 6.42 Å². The van der Waals surface area contributed by atoms with Crippen molar-refractivity contribution >= 4 is 28.3 Å². The Kier molecular flexibility index (Phi) is 3.61. The topological polar surface area (TPSA) is 81.7 Å². The number of aromatic hydroxyl groups is 1. The van der Waals surface area contributed by atoms with Crippen molar-refractivity contribution in [1.82, 2.24) is 10.2 Å². The van der Waals surface area contributed by atoms with Gasteiger partial charge in [0.1, 0.15) is 5.75 Å². The predicted octanol–water partition coefficient (Wildman–Crippen LogP) is 1.30. The van der Waals surface area contributed by atoms with E-state index in [-0.39, 0.29) is 35.9 Å². The summed E-state index contributed by atoms with van der Waals surface area (Å²) in [7, 11) is 0. The highest BCUT2D eigenvalue weighted by Gasteiger charge is 2.39. The van der Waals surface area contributed by atoms with Crippen molar-refractivity contribution in [1.29, 1.82) is 0 Å². The molecule has 6 heteroatoms. The highest BCUT2D eigenvalue weighted by molar-refractivity contribution is 5.99. The zero-order valence-electron chi connectivity index (χ0n) is 13.2. The first-order valence-corrected chi connectivity index (χ1v) is 8.14. The van der Waals surface area contributed by atoms with Gasteiger partial charge in [0.2, 0.25) is 11.8 Å². The molecule has 2 saturated heterocycles. The van der Waals surface area contributed by atoms with Crippen molar-refractivity contribution in [3.8, 4) is 5.75 Å². The van der Waals surface area contributed by atoms with Crippen LogP contribution in [0, 0.1) is 5.92 Å². The highest BCUT2D eigenvalue weighted by atomic mass is 16.3. The van der Waals surface area contributed by atoms with Crippen molar-refractivity contribution < 1.29 is 14.7 Å². The number of rotatable bonds is 3. The standard InChI is InChI=1S/C18H19N3O3/c22-16-4-2-11-5-14(3-1-12(11)6-16)20-18(24)13-7-17(23)21(10-13)15-8-19-9-15/h1-6,13,15,19,22H,7-10H2,(H,20,24). The molecule has 0 aromatic heterocycles. The number of hydrogen-bond donors (Lipinski definition) is 3. The molecular weight excluding hydrogens is 306 g/mol. The SMILES string of the molecule is O=C(Nc1ccc2cc(O)ccc2c1)C1CC(=O)N(C2CNC2)C1. The molecule has 24 heavy (non-hydrogen) atoms. The molecule has 0 radical (unpaired) electrons. The van der Waals surface area contributed by atoms with Gasteiger partial charge >= 0.3 is 0 Å². The smallest absolute Gasteiger partial charge is 0.229 e. The zero-order valence-corrected chi connectivity index (χ0v) is 13.2. The number of carbonyl (C=O) groups is 2. The maximum Gasteiger partial charge on any atom is 0.229 e. The second-order valence-corrected chi connectivity index (χ2v) is 6.49. The first-order valence-electron chi connectivity index (χ1n) is 8.14. The summed E-state index contributed by atoms with van der Waals surface area (Å²) in [6.45, 7) is 2.13. The van der Waals surface area contributed by atoms with Crippen LogP contribution in [0.4, 0.5) is 5.69 Å². The summed E-state index contributed by atoms with van der Waals surface area (Å²) in [6.07, 6.45) is 0.282. The molecule has 4 rings (SSSR count). The van der Waals surface area contributed by atoms with Gasteiger partial charge in [-0.3, -0.25) is 9.59 Å². The lowest BCUT2D eigenvalue weighted by atomic mass is 10.1. The van der Waals surface area contributed by atoms with E-state index in [1.54, 1.807) is 12.1 Å². The summed E-state index contributed by atoms with van der Waals surface area (Å²) in [5.74, 6) is -0.130. The molecule has 2 aliphatic rings. The maximum atomic E-state index is 12.5. The van der Waals surface area contributed by atoms with Crippen LogP contribution in [0.3, 0.4) is 0 Å². The van der Waals surface area contributed by atoms with E-state index in [0.29, 0.717) is 12.2 Å². The summed E-state index contributed by atoms with van der Waals surface area (Å²) in [5.41, 5.74) is 0.703. The van der Waals surface area contributed by atoms with Crippen molar-refractivity contribution in [2.75, 3.05) is 25.0 Å². The number of nitrogens with one attached hydrogen (secondary N) is 2. The van der Waals surface area contributed by atoms with Crippen molar-refractivity contribution in [2.45, 2.75) is 12.5 Å². The third-order valence-electron chi connectivity index (χ3n) is 4.82. The summed E-state index contributed by atoms with van der Waals surface area (Å²) in [4.78, 5) is 26.4. The Balaban J connectivity index is 1.46. The van der Waals surface area contributed by atoms with Crippen molar-refractivity contribution in [2.24, 2.45) is 5.92 Å². The van der Waals surface area contributed by atoms with Crippen LogP contribution in [-0.4, -0.2) is 47.5 Å². The molecular formula is C18H19N3O3. The Morgan fingerprint density at radius 3 is 2.67 bits per heavy atom. The minimum atomic E-state index is -0.298. The molecule has 0 spiro atoms. The molecule has 0 saturated carbocycles. The third-order valence-corrected chi connectivity index (χ3v) is 4.82. The molecule has 2 aromatic rings. The monoisotopic (exact) mass is 325 g/mol. The van der Waals surface area contributed by atoms with Crippen LogP contribution in [0.5, 0.6) is 5.75 Å². The lowest BCUT2D eigenvalue weighted by Crippen LogP contribution is -2.57. The van der Waals surface area contributed by atoms with E-state index >= 15 is 0 Å². The number of carbonyl (C=O) groups excluding carboxylic acids is 2. The van der Waals surface area contributed by atoms with Gasteiger partial charge in [-0.2, -0.15) is 0 Å². The predicted molar refractivity (Wildman–Crippen MR) is 90.7 cm³/mol. The fourth-order valence-electron chi connectivity index (χ4n) is 3.31. The third kappa shape index (κ3) is 2.69. The maximum absolute atomic E-state index is 12.5. The average Bonchev–Trinajstić information content (AvgIpc) is 2.88. The Labute approximate surface area is 139 Å². The van der Waals surface area contributed by atoms with Gasteiger partial charge in [-0.05, 0) is 35.0 Å². The van der Waals surface area contributed by atoms with Gasteiger partial charge in [0.15, 0.2) is 0 Å². The molecule has 6 nitrogen and oxygen atoms in total. The van der Waals surface area contributed by atoms with Crippen LogP contribution in [-0.2, 0) is 9.59 Å². The van der Waals surface area contributed by atoms with E-state index in [9.17, 15) is 14.7 Å². The van der Waals surface area contributed by atoms with Gasteiger partial charge in [-0.25, -0.2) is 0 Å². The summed E-state index contributed by atoms with van der Waals surface area (Å²) in [5, 5.41) is 17.4. The second-order valence-electron chi connectivity index (χ2n) is 6.49. The molecule has 2 amide bonds. The lowest BCUT2D eigenvalue weighted by Gasteiger charge is -2.35. The number of phenolic OH excluding ortho intramolecular Hbond substituents is 1. The molecule has 2 aliphatic heterocycles. The summed E-state index contributed by atoms with van der Waals surface area (Å²) in [6, 6.07) is 10.9. The lowest BCUT2D eigenvalue weighted by molar-refractivity contribution is -0.130. The number of phenols is 1. The van der Waals surface area contributed by atoms with Gasteiger partial charge in [0, 0.05) is 31.7 Å². The van der Waals surface area contributed by atoms with E-state index in [0.717, 1.165) is 23.9 Å². The van der Waals surface area contributed by atoms with Crippen molar-refractivity contribution in [3.05, 3.63) is 36.4 Å². The fourth-order valence-corrected chi connectivity index (χ4v) is 3.31. The van der Waals surface area contributed by atoms with Gasteiger partial charge < -0.3 is 20.6 Å². The van der Waals surface area contributed by atoms with Gasteiger partial charge in [-0.15, -0.1) is 0 Å². The first-order chi connectivity index (χ1) is 11.6. The molecule has 0 bridgehead atoms. The van der Waals surface area contributed by atoms with E-state index in [2.05, 4.69) is 10.6 Å². The fraction of sp³-hybridized carbons (Fsp3) is 0.333. The molecule has 1 atom stereocenters. The largest absolute Gasteiger partial charge is 0.508 e. The van der Waals surface area contributed by atoms with Crippen LogP contribution in [0.2, 0.25) is 0 Å². The molecule has 2 fully saturated rings. The van der Waals surface area contributed by atoms with Crippen LogP contribution in [0.25, 0.3) is 10.8 Å².